The number of aromatic amines is 1. The van der Waals surface area contributed by atoms with Gasteiger partial charge in [0.15, 0.2) is 0 Å². The Morgan fingerprint density at radius 3 is 2.94 bits per heavy atom. The number of nitrogens with one attached hydrogen (secondary N) is 2. The van der Waals surface area contributed by atoms with E-state index in [0.29, 0.717) is 10.7 Å². The predicted octanol–water partition coefficient (Wildman–Crippen LogP) is 1.65. The van der Waals surface area contributed by atoms with Gasteiger partial charge in [0.1, 0.15) is 5.69 Å². The fraction of sp³-hybridized carbons (Fsp3) is 0.250. The summed E-state index contributed by atoms with van der Waals surface area (Å²) in [6.07, 6.45) is 0.859. The molecule has 2 aromatic rings. The molecule has 1 heterocycles. The Hall–Kier alpha value is -1.52. The van der Waals surface area contributed by atoms with Gasteiger partial charge in [0.25, 0.3) is 5.91 Å². The number of carbonyl (C=O) groups excluding carboxylic acids is 1. The summed E-state index contributed by atoms with van der Waals surface area (Å²) >= 11 is 5.89. The van der Waals surface area contributed by atoms with E-state index in [9.17, 15) is 4.79 Å². The van der Waals surface area contributed by atoms with Crippen molar-refractivity contribution in [1.29, 1.82) is 0 Å². The highest BCUT2D eigenvalue weighted by Crippen LogP contribution is 2.22. The topological polar surface area (TPSA) is 70.9 Å². The molecule has 0 radical (unpaired) electrons. The summed E-state index contributed by atoms with van der Waals surface area (Å²) in [7, 11) is 0. The van der Waals surface area contributed by atoms with Crippen molar-refractivity contribution in [1.82, 2.24) is 10.3 Å². The molecule has 4 N–H and O–H groups in total. The van der Waals surface area contributed by atoms with Crippen LogP contribution in [0.1, 0.15) is 16.9 Å². The molecule has 1 aliphatic rings. The lowest BCUT2D eigenvalue weighted by Crippen LogP contribution is -2.29. The molecule has 5 heteroatoms. The second-order valence-electron chi connectivity index (χ2n) is 4.39. The van der Waals surface area contributed by atoms with Crippen LogP contribution in [0.2, 0.25) is 5.02 Å². The highest BCUT2D eigenvalue weighted by molar-refractivity contribution is 6.31. The summed E-state index contributed by atoms with van der Waals surface area (Å²) in [4.78, 5) is 14.9. The van der Waals surface area contributed by atoms with E-state index in [2.05, 4.69) is 10.3 Å². The maximum atomic E-state index is 11.9. The van der Waals surface area contributed by atoms with Gasteiger partial charge in [0.05, 0.1) is 0 Å². The molecular formula is C12H12ClN3O. The van der Waals surface area contributed by atoms with E-state index in [1.807, 2.05) is 12.1 Å². The first-order valence-electron chi connectivity index (χ1n) is 5.48. The molecule has 0 saturated heterocycles. The lowest BCUT2D eigenvalue weighted by atomic mass is 10.2. The van der Waals surface area contributed by atoms with Gasteiger partial charge >= 0.3 is 0 Å². The predicted molar refractivity (Wildman–Crippen MR) is 67.2 cm³/mol. The van der Waals surface area contributed by atoms with E-state index in [1.165, 1.54) is 0 Å². The molecule has 88 valence electrons. The molecule has 2 atom stereocenters. The van der Waals surface area contributed by atoms with Crippen molar-refractivity contribution in [3.05, 3.63) is 35.0 Å². The molecule has 1 aromatic heterocycles. The first kappa shape index (κ1) is 10.6. The number of halogens is 1. The Morgan fingerprint density at radius 2 is 2.24 bits per heavy atom. The molecule has 1 aliphatic carbocycles. The molecule has 0 aliphatic heterocycles. The Kier molecular flexibility index (Phi) is 2.34. The van der Waals surface area contributed by atoms with Crippen LogP contribution >= 0.6 is 11.6 Å². The third-order valence-electron chi connectivity index (χ3n) is 2.98. The maximum Gasteiger partial charge on any atom is 0.268 e. The Labute approximate surface area is 103 Å². The summed E-state index contributed by atoms with van der Waals surface area (Å²) in [6, 6.07) is 7.50. The quantitative estimate of drug-likeness (QED) is 0.757. The zero-order valence-corrected chi connectivity index (χ0v) is 9.79. The van der Waals surface area contributed by atoms with E-state index in [-0.39, 0.29) is 18.0 Å². The molecule has 1 unspecified atom stereocenters. The van der Waals surface area contributed by atoms with E-state index in [1.54, 1.807) is 12.1 Å². The average molecular weight is 250 g/mol. The van der Waals surface area contributed by atoms with Crippen molar-refractivity contribution in [2.24, 2.45) is 5.73 Å². The van der Waals surface area contributed by atoms with Crippen LogP contribution < -0.4 is 11.1 Å². The second-order valence-corrected chi connectivity index (χ2v) is 4.83. The van der Waals surface area contributed by atoms with Crippen molar-refractivity contribution >= 4 is 28.4 Å². The summed E-state index contributed by atoms with van der Waals surface area (Å²) < 4.78 is 0. The Bertz CT molecular complexity index is 592. The van der Waals surface area contributed by atoms with Crippen LogP contribution in [-0.2, 0) is 0 Å². The van der Waals surface area contributed by atoms with Gasteiger partial charge in [-0.2, -0.15) is 0 Å². The van der Waals surface area contributed by atoms with Crippen LogP contribution in [0.25, 0.3) is 10.9 Å². The highest BCUT2D eigenvalue weighted by atomic mass is 35.5. The van der Waals surface area contributed by atoms with Crippen LogP contribution in [0.15, 0.2) is 24.3 Å². The molecule has 0 spiro atoms. The lowest BCUT2D eigenvalue weighted by Gasteiger charge is -2.00. The third kappa shape index (κ3) is 2.01. The summed E-state index contributed by atoms with van der Waals surface area (Å²) in [5.41, 5.74) is 7.09. The smallest absolute Gasteiger partial charge is 0.268 e. The van der Waals surface area contributed by atoms with Crippen molar-refractivity contribution in [3.63, 3.8) is 0 Å². The molecule has 3 rings (SSSR count). The van der Waals surface area contributed by atoms with Gasteiger partial charge in [-0.15, -0.1) is 0 Å². The molecule has 1 saturated carbocycles. The van der Waals surface area contributed by atoms with Crippen molar-refractivity contribution in [2.75, 3.05) is 0 Å². The fourth-order valence-electron chi connectivity index (χ4n) is 1.85. The Morgan fingerprint density at radius 1 is 1.47 bits per heavy atom. The minimum Gasteiger partial charge on any atom is -0.351 e. The fourth-order valence-corrected chi connectivity index (χ4v) is 2.03. The molecule has 1 fully saturated rings. The average Bonchev–Trinajstić information content (AvgIpc) is 2.81. The molecular weight excluding hydrogens is 238 g/mol. The SMILES string of the molecule is NC1C[C@@H]1NC(=O)c1cc2cc(Cl)ccc2[nH]1. The lowest BCUT2D eigenvalue weighted by molar-refractivity contribution is 0.0946. The molecule has 1 amide bonds. The van der Waals surface area contributed by atoms with Crippen molar-refractivity contribution < 1.29 is 4.79 Å². The molecule has 4 nitrogen and oxygen atoms in total. The van der Waals surface area contributed by atoms with Gasteiger partial charge in [0, 0.05) is 28.0 Å². The molecule has 17 heavy (non-hydrogen) atoms. The summed E-state index contributed by atoms with van der Waals surface area (Å²) in [6.45, 7) is 0. The first-order valence-corrected chi connectivity index (χ1v) is 5.86. The zero-order valence-electron chi connectivity index (χ0n) is 9.03. The summed E-state index contributed by atoms with van der Waals surface area (Å²) in [5, 5.41) is 4.46. The van der Waals surface area contributed by atoms with Crippen LogP contribution in [0, 0.1) is 0 Å². The first-order chi connectivity index (χ1) is 8.13. The standard InChI is InChI=1S/C12H12ClN3O/c13-7-1-2-9-6(3-7)4-11(15-9)12(17)16-10-5-8(10)14/h1-4,8,10,15H,5,14H2,(H,16,17)/t8?,10-/m0/s1. The van der Waals surface area contributed by atoms with Crippen molar-refractivity contribution in [2.45, 2.75) is 18.5 Å². The normalized spacial score (nSPS) is 22.7. The number of rotatable bonds is 2. The number of hydrogen-bond donors (Lipinski definition) is 3. The van der Waals surface area contributed by atoms with Crippen LogP contribution in [-0.4, -0.2) is 23.0 Å². The number of H-pyrrole nitrogens is 1. The van der Waals surface area contributed by atoms with Crippen LogP contribution in [0.5, 0.6) is 0 Å². The minimum atomic E-state index is -0.115. The third-order valence-corrected chi connectivity index (χ3v) is 3.22. The highest BCUT2D eigenvalue weighted by Gasteiger charge is 2.35. The number of aromatic nitrogens is 1. The number of hydrogen-bond acceptors (Lipinski definition) is 2. The Balaban J connectivity index is 1.87. The van der Waals surface area contributed by atoms with Gasteiger partial charge in [-0.3, -0.25) is 4.79 Å². The largest absolute Gasteiger partial charge is 0.351 e. The van der Waals surface area contributed by atoms with Gasteiger partial charge in [-0.1, -0.05) is 11.6 Å². The van der Waals surface area contributed by atoms with Gasteiger partial charge in [0.2, 0.25) is 0 Å². The van der Waals surface area contributed by atoms with Gasteiger partial charge in [-0.05, 0) is 30.7 Å². The van der Waals surface area contributed by atoms with Crippen LogP contribution in [0.3, 0.4) is 0 Å². The number of fused-ring (bicyclic) bond motifs is 1. The minimum absolute atomic E-state index is 0.109. The number of benzene rings is 1. The van der Waals surface area contributed by atoms with E-state index in [4.69, 9.17) is 17.3 Å². The maximum absolute atomic E-state index is 11.9. The van der Waals surface area contributed by atoms with E-state index < -0.39 is 0 Å². The summed E-state index contributed by atoms with van der Waals surface area (Å²) in [5.74, 6) is -0.115. The van der Waals surface area contributed by atoms with E-state index in [0.717, 1.165) is 17.3 Å². The number of carbonyl (C=O) groups is 1. The van der Waals surface area contributed by atoms with Gasteiger partial charge in [-0.25, -0.2) is 0 Å². The zero-order chi connectivity index (χ0) is 12.0. The van der Waals surface area contributed by atoms with Gasteiger partial charge < -0.3 is 16.0 Å². The number of nitrogens with two attached hydrogens (primary N) is 1. The monoisotopic (exact) mass is 249 g/mol. The molecule has 0 bridgehead atoms. The molecule has 1 aromatic carbocycles. The van der Waals surface area contributed by atoms with Crippen molar-refractivity contribution in [3.8, 4) is 0 Å². The number of amides is 1. The van der Waals surface area contributed by atoms with E-state index >= 15 is 0 Å². The second kappa shape index (κ2) is 3.75. The van der Waals surface area contributed by atoms with Crippen LogP contribution in [0.4, 0.5) is 0 Å².